The number of rotatable bonds is 8. The average molecular weight is 385 g/mol. The van der Waals surface area contributed by atoms with E-state index < -0.39 is 0 Å². The zero-order valence-corrected chi connectivity index (χ0v) is 16.5. The van der Waals surface area contributed by atoms with Gasteiger partial charge in [-0.3, -0.25) is 4.79 Å². The van der Waals surface area contributed by atoms with Crippen LogP contribution in [-0.2, 0) is 11.2 Å². The van der Waals surface area contributed by atoms with Gasteiger partial charge in [0, 0.05) is 18.2 Å². The number of nitrogens with zero attached hydrogens (tertiary/aromatic N) is 2. The van der Waals surface area contributed by atoms with Crippen LogP contribution in [0.15, 0.2) is 28.8 Å². The van der Waals surface area contributed by atoms with Gasteiger partial charge in [-0.05, 0) is 40.0 Å². The first-order valence-electron chi connectivity index (χ1n) is 7.95. The number of aromatic nitrogens is 2. The van der Waals surface area contributed by atoms with Gasteiger partial charge in [0.25, 0.3) is 0 Å². The van der Waals surface area contributed by atoms with Crippen molar-refractivity contribution in [2.45, 2.75) is 38.5 Å². The molecule has 0 radical (unpaired) electrons. The smallest absolute Gasteiger partial charge is 0.239 e. The molecule has 2 unspecified atom stereocenters. The van der Waals surface area contributed by atoms with Crippen LogP contribution >= 0.6 is 24.2 Å². The van der Waals surface area contributed by atoms with Gasteiger partial charge in [-0.25, -0.2) is 0 Å². The third-order valence-corrected chi connectivity index (χ3v) is 4.74. The number of halogens is 1. The molecule has 1 aromatic carbocycles. The van der Waals surface area contributed by atoms with Crippen LogP contribution in [0.5, 0.6) is 0 Å². The molecule has 25 heavy (non-hydrogen) atoms. The molecule has 0 aliphatic carbocycles. The maximum Gasteiger partial charge on any atom is 0.239 e. The fourth-order valence-corrected chi connectivity index (χ4v) is 2.71. The summed E-state index contributed by atoms with van der Waals surface area (Å²) in [7, 11) is 1.90. The summed E-state index contributed by atoms with van der Waals surface area (Å²) in [4.78, 5) is 16.4. The topological polar surface area (TPSA) is 80.0 Å². The van der Waals surface area contributed by atoms with Gasteiger partial charge >= 0.3 is 0 Å². The number of carbonyl (C=O) groups is 1. The highest BCUT2D eigenvalue weighted by Crippen LogP contribution is 2.27. The Balaban J connectivity index is 0.00000312. The van der Waals surface area contributed by atoms with E-state index in [4.69, 9.17) is 4.52 Å². The first-order chi connectivity index (χ1) is 11.5. The fraction of sp³-hybridized carbons (Fsp3) is 0.471. The lowest BCUT2D eigenvalue weighted by atomic mass is 10.2. The Labute approximate surface area is 158 Å². The lowest BCUT2D eigenvalue weighted by Gasteiger charge is -2.08. The minimum absolute atomic E-state index is 0. The van der Waals surface area contributed by atoms with Crippen LogP contribution < -0.4 is 10.6 Å². The fourth-order valence-electron chi connectivity index (χ4n) is 2.00. The number of carbonyl (C=O) groups excluding carboxylic acids is 1. The summed E-state index contributed by atoms with van der Waals surface area (Å²) in [5.74, 6) is 1.53. The monoisotopic (exact) mass is 384 g/mol. The number of benzene rings is 1. The maximum absolute atomic E-state index is 12.0. The molecule has 0 saturated carbocycles. The van der Waals surface area contributed by atoms with Crippen molar-refractivity contribution in [2.24, 2.45) is 0 Å². The van der Waals surface area contributed by atoms with Crippen molar-refractivity contribution in [1.29, 1.82) is 0 Å². The Morgan fingerprint density at radius 3 is 2.60 bits per heavy atom. The highest BCUT2D eigenvalue weighted by molar-refractivity contribution is 8.00. The second-order valence-electron chi connectivity index (χ2n) is 5.81. The zero-order valence-electron chi connectivity index (χ0n) is 14.9. The van der Waals surface area contributed by atoms with E-state index in [9.17, 15) is 4.79 Å². The third kappa shape index (κ3) is 7.05. The first-order valence-corrected chi connectivity index (χ1v) is 9.00. The van der Waals surface area contributed by atoms with Crippen molar-refractivity contribution in [3.05, 3.63) is 41.5 Å². The van der Waals surface area contributed by atoms with E-state index in [1.54, 1.807) is 0 Å². The van der Waals surface area contributed by atoms with Gasteiger partial charge < -0.3 is 15.2 Å². The molecular weight excluding hydrogens is 360 g/mol. The van der Waals surface area contributed by atoms with Crippen LogP contribution in [0.1, 0.15) is 36.4 Å². The van der Waals surface area contributed by atoms with Gasteiger partial charge in [0.1, 0.15) is 0 Å². The quantitative estimate of drug-likeness (QED) is 0.726. The van der Waals surface area contributed by atoms with Crippen LogP contribution in [-0.4, -0.2) is 34.9 Å². The van der Waals surface area contributed by atoms with Gasteiger partial charge in [-0.2, -0.15) is 4.98 Å². The summed E-state index contributed by atoms with van der Waals surface area (Å²) in [5.41, 5.74) is 1.97. The number of anilines is 1. The van der Waals surface area contributed by atoms with Gasteiger partial charge in [0.15, 0.2) is 5.82 Å². The number of amides is 1. The number of hydrogen-bond donors (Lipinski definition) is 2. The molecule has 1 amide bonds. The second-order valence-corrected chi connectivity index (χ2v) is 7.14. The van der Waals surface area contributed by atoms with E-state index in [0.29, 0.717) is 29.9 Å². The van der Waals surface area contributed by atoms with Crippen molar-refractivity contribution in [2.75, 3.05) is 18.1 Å². The summed E-state index contributed by atoms with van der Waals surface area (Å²) < 4.78 is 5.29. The molecule has 0 spiro atoms. The number of nitrogens with one attached hydrogen (secondary N) is 2. The highest BCUT2D eigenvalue weighted by atomic mass is 35.5. The molecule has 2 N–H and O–H groups in total. The molecule has 6 nitrogen and oxygen atoms in total. The van der Waals surface area contributed by atoms with Gasteiger partial charge in [-0.15, -0.1) is 24.2 Å². The van der Waals surface area contributed by atoms with Crippen molar-refractivity contribution in [1.82, 2.24) is 15.5 Å². The Morgan fingerprint density at radius 2 is 1.96 bits per heavy atom. The van der Waals surface area contributed by atoms with Crippen LogP contribution in [0.4, 0.5) is 5.69 Å². The molecule has 8 heteroatoms. The van der Waals surface area contributed by atoms with Crippen molar-refractivity contribution in [3.8, 4) is 0 Å². The molecule has 1 heterocycles. The van der Waals surface area contributed by atoms with Gasteiger partial charge in [0.2, 0.25) is 11.8 Å². The Hall–Kier alpha value is -1.57. The van der Waals surface area contributed by atoms with E-state index in [0.717, 1.165) is 11.3 Å². The normalized spacial score (nSPS) is 13.0. The molecular formula is C17H25ClN4O2S. The molecule has 0 bridgehead atoms. The number of hydrogen-bond acceptors (Lipinski definition) is 6. The molecule has 2 atom stereocenters. The van der Waals surface area contributed by atoms with E-state index in [1.807, 2.05) is 45.2 Å². The lowest BCUT2D eigenvalue weighted by Crippen LogP contribution is -2.24. The summed E-state index contributed by atoms with van der Waals surface area (Å²) >= 11 is 1.47. The standard InChI is InChI=1S/C17H24N4O2S.ClH/c1-11-5-7-14(8-6-11)19-16(22)10-24-13(3)17-20-15(21-23-17)9-12(2)18-4;/h5-8,12-13,18H,9-10H2,1-4H3,(H,19,22);1H. The highest BCUT2D eigenvalue weighted by Gasteiger charge is 2.17. The van der Waals surface area contributed by atoms with Crippen molar-refractivity contribution < 1.29 is 9.32 Å². The van der Waals surface area contributed by atoms with Crippen LogP contribution in [0.3, 0.4) is 0 Å². The summed E-state index contributed by atoms with van der Waals surface area (Å²) in [6.07, 6.45) is 0.714. The SMILES string of the molecule is CNC(C)Cc1noc(C(C)SCC(=O)Nc2ccc(C)cc2)n1.Cl. The first kappa shape index (κ1) is 21.5. The molecule has 138 valence electrons. The largest absolute Gasteiger partial charge is 0.338 e. The molecule has 0 aliphatic rings. The van der Waals surface area contributed by atoms with Crippen LogP contribution in [0.25, 0.3) is 0 Å². The van der Waals surface area contributed by atoms with E-state index in [2.05, 4.69) is 27.7 Å². The van der Waals surface area contributed by atoms with E-state index in [-0.39, 0.29) is 23.6 Å². The van der Waals surface area contributed by atoms with E-state index >= 15 is 0 Å². The number of aryl methyl sites for hydroxylation is 1. The second kappa shape index (κ2) is 10.4. The lowest BCUT2D eigenvalue weighted by molar-refractivity contribution is -0.113. The molecule has 0 saturated heterocycles. The van der Waals surface area contributed by atoms with E-state index in [1.165, 1.54) is 11.8 Å². The minimum Gasteiger partial charge on any atom is -0.338 e. The number of thioether (sulfide) groups is 1. The number of likely N-dealkylation sites (N-methyl/N-ethyl adjacent to an activating group) is 1. The average Bonchev–Trinajstić information content (AvgIpc) is 3.03. The zero-order chi connectivity index (χ0) is 17.5. The van der Waals surface area contributed by atoms with Crippen molar-refractivity contribution in [3.63, 3.8) is 0 Å². The Kier molecular flexibility index (Phi) is 8.96. The predicted molar refractivity (Wildman–Crippen MR) is 104 cm³/mol. The van der Waals surface area contributed by atoms with Gasteiger partial charge in [0.05, 0.1) is 11.0 Å². The minimum atomic E-state index is -0.0424. The molecule has 0 aliphatic heterocycles. The summed E-state index contributed by atoms with van der Waals surface area (Å²) in [5, 5.41) is 9.98. The maximum atomic E-state index is 12.0. The third-order valence-electron chi connectivity index (χ3n) is 3.61. The Morgan fingerprint density at radius 1 is 1.28 bits per heavy atom. The van der Waals surface area contributed by atoms with Gasteiger partial charge in [-0.1, -0.05) is 22.9 Å². The van der Waals surface area contributed by atoms with Crippen LogP contribution in [0.2, 0.25) is 0 Å². The summed E-state index contributed by atoms with van der Waals surface area (Å²) in [6, 6.07) is 8.02. The molecule has 2 aromatic rings. The molecule has 1 aromatic heterocycles. The Bertz CT molecular complexity index is 663. The predicted octanol–water partition coefficient (Wildman–Crippen LogP) is 3.38. The molecule has 0 fully saturated rings. The molecule has 2 rings (SSSR count). The van der Waals surface area contributed by atoms with Crippen LogP contribution in [0, 0.1) is 6.92 Å². The van der Waals surface area contributed by atoms with Crippen molar-refractivity contribution >= 4 is 35.8 Å². The summed E-state index contributed by atoms with van der Waals surface area (Å²) in [6.45, 7) is 6.03.